The van der Waals surface area contributed by atoms with Crippen LogP contribution in [-0.2, 0) is 38.9 Å². The van der Waals surface area contributed by atoms with Crippen LogP contribution >= 0.6 is 0 Å². The molecule has 12 N–H and O–H groups in total. The first kappa shape index (κ1) is 74.6. The van der Waals surface area contributed by atoms with Gasteiger partial charge in [-0.2, -0.15) is 0 Å². The maximum atomic E-state index is 5.49. The maximum Gasteiger partial charge on any atom is 0.0416 e. The molecule has 6 rings (SSSR count). The molecule has 0 fully saturated rings. The Bertz CT molecular complexity index is 2020. The van der Waals surface area contributed by atoms with Crippen LogP contribution in [0.25, 0.3) is 0 Å². The summed E-state index contributed by atoms with van der Waals surface area (Å²) in [7, 11) is 10.6. The zero-order chi connectivity index (χ0) is 59.9. The van der Waals surface area contributed by atoms with Crippen molar-refractivity contribution in [1.82, 2.24) is 49.3 Å². The summed E-state index contributed by atoms with van der Waals surface area (Å²) in [5.74, 6) is 0. The maximum absolute atomic E-state index is 5.49. The molecule has 2 aromatic carbocycles. The Morgan fingerprint density at radius 3 is 1.12 bits per heavy atom. The number of pyridine rings is 4. The first-order chi connectivity index (χ1) is 40.0. The van der Waals surface area contributed by atoms with E-state index in [9.17, 15) is 0 Å². The van der Waals surface area contributed by atoms with Gasteiger partial charge in [0.1, 0.15) is 0 Å². The number of nitrogens with two attached hydrogens (primary N) is 6. The summed E-state index contributed by atoms with van der Waals surface area (Å²) in [6, 6.07) is 39.4. The average molecular weight is 1130 g/mol. The highest BCUT2D eigenvalue weighted by Crippen LogP contribution is 2.06. The van der Waals surface area contributed by atoms with E-state index < -0.39 is 0 Å². The van der Waals surface area contributed by atoms with E-state index in [-0.39, 0.29) is 0 Å². The SMILES string of the molecule is CCN(CCCN)Cc1ccncc1.CN(CCCN)CCc1ccccc1.CN(CCCN)CCc1ccccn1.CN(CCCN)CCc1ccncc1.CN(CCCN)Cc1ccccc1.CN(CCCN)Cc1cccnc1. The standard InChI is InChI=1S/C12H20N2.3C11H19N3.C11H18N2.C10H17N3/c1-14(10-5-9-13)11-8-12-6-3-2-4-7-12;1-14(9-2-6-12)10-5-11-3-7-13-8-4-11;1-14(9-4-7-12)10-6-11-5-2-3-8-13-11;1-2-14(9-3-6-12)10-11-4-7-13-8-5-11;1-13(9-5-8-12)10-11-6-3-2-4-7-11;1-13(7-3-5-11)9-10-4-2-6-12-8-10/h2-4,6-7H,5,8-11,13H2,1H3;3-4,7-8H,2,5-6,9-10,12H2,1H3;2-3,5,8H,4,6-7,9-10,12H2,1H3;4-5,7-8H,2-3,6,9-10,12H2,1H3;2-4,6-7H,5,8-10,12H2,1H3;2,4,6,8H,3,5,7,9,11H2,1H3. The van der Waals surface area contributed by atoms with E-state index in [2.05, 4.69) is 182 Å². The summed E-state index contributed by atoms with van der Waals surface area (Å²) in [6.45, 7) is 20.6. The van der Waals surface area contributed by atoms with Gasteiger partial charge in [-0.25, -0.2) is 0 Å². The molecule has 4 aromatic heterocycles. The molecule has 0 spiro atoms. The van der Waals surface area contributed by atoms with Crippen molar-refractivity contribution < 1.29 is 0 Å². The zero-order valence-corrected chi connectivity index (χ0v) is 51.7. The van der Waals surface area contributed by atoms with E-state index in [4.69, 9.17) is 34.4 Å². The molecule has 0 aliphatic heterocycles. The largest absolute Gasteiger partial charge is 0.330 e. The van der Waals surface area contributed by atoms with Crippen molar-refractivity contribution in [2.24, 2.45) is 34.4 Å². The minimum absolute atomic E-state index is 0.761. The van der Waals surface area contributed by atoms with Gasteiger partial charge in [0, 0.05) is 94.8 Å². The number of rotatable bonds is 34. The van der Waals surface area contributed by atoms with Gasteiger partial charge in [-0.1, -0.05) is 79.7 Å². The monoisotopic (exact) mass is 1130 g/mol. The zero-order valence-electron chi connectivity index (χ0n) is 51.7. The molecule has 6 aromatic rings. The molecule has 0 unspecified atom stereocenters. The summed E-state index contributed by atoms with van der Waals surface area (Å²) in [5, 5.41) is 0. The van der Waals surface area contributed by atoms with Gasteiger partial charge >= 0.3 is 0 Å². The van der Waals surface area contributed by atoms with Gasteiger partial charge < -0.3 is 58.9 Å². The molecule has 0 saturated carbocycles. The van der Waals surface area contributed by atoms with E-state index in [0.717, 1.165) is 188 Å². The highest BCUT2D eigenvalue weighted by Gasteiger charge is 2.04. The predicted octanol–water partition coefficient (Wildman–Crippen LogP) is 6.90. The summed E-state index contributed by atoms with van der Waals surface area (Å²) < 4.78 is 0. The quantitative estimate of drug-likeness (QED) is 0.0242. The van der Waals surface area contributed by atoms with Crippen molar-refractivity contribution in [3.63, 3.8) is 0 Å². The third-order valence-corrected chi connectivity index (χ3v) is 13.1. The van der Waals surface area contributed by atoms with Crippen LogP contribution in [0.1, 0.15) is 79.0 Å². The molecule has 456 valence electrons. The molecule has 0 saturated heterocycles. The number of hydrogen-bond acceptors (Lipinski definition) is 16. The fraction of sp³-hybridized carbons (Fsp3) is 0.515. The molecular weight excluding hydrogens is 1020 g/mol. The van der Waals surface area contributed by atoms with Gasteiger partial charge in [0.25, 0.3) is 0 Å². The Kier molecular flexibility index (Phi) is 48.7. The minimum atomic E-state index is 0.761. The summed E-state index contributed by atoms with van der Waals surface area (Å²) in [6.07, 6.45) is 22.6. The summed E-state index contributed by atoms with van der Waals surface area (Å²) >= 11 is 0. The Morgan fingerprint density at radius 1 is 0.317 bits per heavy atom. The van der Waals surface area contributed by atoms with Crippen LogP contribution < -0.4 is 34.4 Å². The van der Waals surface area contributed by atoms with Crippen molar-refractivity contribution in [1.29, 1.82) is 0 Å². The molecule has 0 radical (unpaired) electrons. The lowest BCUT2D eigenvalue weighted by Crippen LogP contribution is -2.25. The van der Waals surface area contributed by atoms with Gasteiger partial charge in [0.05, 0.1) is 0 Å². The topological polar surface area (TPSA) is 227 Å². The van der Waals surface area contributed by atoms with Crippen LogP contribution in [0.2, 0.25) is 0 Å². The van der Waals surface area contributed by atoms with Crippen molar-refractivity contribution in [2.75, 3.05) is 140 Å². The van der Waals surface area contributed by atoms with Gasteiger partial charge in [0.15, 0.2) is 0 Å². The van der Waals surface area contributed by atoms with Crippen LogP contribution in [0.15, 0.2) is 159 Å². The summed E-state index contributed by atoms with van der Waals surface area (Å²) in [5.41, 5.74) is 40.6. The first-order valence-electron chi connectivity index (χ1n) is 30.0. The molecule has 0 atom stereocenters. The lowest BCUT2D eigenvalue weighted by atomic mass is 10.1. The van der Waals surface area contributed by atoms with E-state index in [1.807, 2.05) is 61.4 Å². The van der Waals surface area contributed by atoms with E-state index in [0.29, 0.717) is 0 Å². The number of benzene rings is 2. The molecule has 16 heteroatoms. The third kappa shape index (κ3) is 44.2. The van der Waals surface area contributed by atoms with Crippen LogP contribution in [0.4, 0.5) is 0 Å². The van der Waals surface area contributed by atoms with E-state index in [1.54, 1.807) is 6.20 Å². The van der Waals surface area contributed by atoms with Crippen molar-refractivity contribution in [3.05, 3.63) is 192 Å². The number of aromatic nitrogens is 4. The predicted molar refractivity (Wildman–Crippen MR) is 349 cm³/mol. The molecule has 0 aliphatic rings. The molecule has 0 amide bonds. The second-order valence-corrected chi connectivity index (χ2v) is 20.7. The Labute approximate surface area is 498 Å². The molecular formula is C66H112N16. The van der Waals surface area contributed by atoms with Gasteiger partial charge in [-0.05, 0) is 242 Å². The molecule has 82 heavy (non-hydrogen) atoms. The number of hydrogen-bond donors (Lipinski definition) is 6. The normalized spacial score (nSPS) is 10.8. The Hall–Kier alpha value is -5.44. The van der Waals surface area contributed by atoms with Gasteiger partial charge in [-0.15, -0.1) is 0 Å². The molecule has 0 bridgehead atoms. The number of nitrogens with zero attached hydrogens (tertiary/aromatic N) is 10. The molecule has 16 nitrogen and oxygen atoms in total. The van der Waals surface area contributed by atoms with Crippen LogP contribution in [-0.4, -0.2) is 189 Å². The number of likely N-dealkylation sites (N-methyl/N-ethyl adjacent to an activating group) is 3. The van der Waals surface area contributed by atoms with Crippen molar-refractivity contribution >= 4 is 0 Å². The van der Waals surface area contributed by atoms with Crippen LogP contribution in [0.5, 0.6) is 0 Å². The van der Waals surface area contributed by atoms with Gasteiger partial charge in [-0.3, -0.25) is 24.8 Å². The second-order valence-electron chi connectivity index (χ2n) is 20.7. The summed E-state index contributed by atoms with van der Waals surface area (Å²) in [4.78, 5) is 30.2. The smallest absolute Gasteiger partial charge is 0.0416 e. The average Bonchev–Trinajstić information content (AvgIpc) is 3.52. The molecule has 4 heterocycles. The third-order valence-electron chi connectivity index (χ3n) is 13.1. The first-order valence-corrected chi connectivity index (χ1v) is 30.0. The lowest BCUT2D eigenvalue weighted by Gasteiger charge is -2.19. The minimum Gasteiger partial charge on any atom is -0.330 e. The highest BCUT2D eigenvalue weighted by atomic mass is 15.1. The second kappa shape index (κ2) is 53.6. The highest BCUT2D eigenvalue weighted by molar-refractivity contribution is 5.16. The van der Waals surface area contributed by atoms with Crippen molar-refractivity contribution in [3.8, 4) is 0 Å². The van der Waals surface area contributed by atoms with Crippen LogP contribution in [0.3, 0.4) is 0 Å². The Balaban J connectivity index is 0.000000492. The Morgan fingerprint density at radius 2 is 0.695 bits per heavy atom. The fourth-order valence-electron chi connectivity index (χ4n) is 8.09. The molecule has 0 aliphatic carbocycles. The van der Waals surface area contributed by atoms with Crippen molar-refractivity contribution in [2.45, 2.75) is 84.3 Å². The van der Waals surface area contributed by atoms with Crippen LogP contribution in [0, 0.1) is 0 Å². The fourth-order valence-corrected chi connectivity index (χ4v) is 8.09. The van der Waals surface area contributed by atoms with Gasteiger partial charge in [0.2, 0.25) is 0 Å². The lowest BCUT2D eigenvalue weighted by molar-refractivity contribution is 0.278. The van der Waals surface area contributed by atoms with E-state index in [1.165, 1.54) is 27.8 Å². The van der Waals surface area contributed by atoms with E-state index >= 15 is 0 Å².